The lowest BCUT2D eigenvalue weighted by Crippen LogP contribution is -1.97. The predicted octanol–water partition coefficient (Wildman–Crippen LogP) is 8.10. The first-order valence-corrected chi connectivity index (χ1v) is 11.4. The highest BCUT2D eigenvalue weighted by Gasteiger charge is 2.19. The van der Waals surface area contributed by atoms with Crippen LogP contribution in [-0.2, 0) is 7.05 Å². The van der Waals surface area contributed by atoms with Gasteiger partial charge in [0.25, 0.3) is 0 Å². The summed E-state index contributed by atoms with van der Waals surface area (Å²) in [6.45, 7) is 0. The van der Waals surface area contributed by atoms with Gasteiger partial charge in [0, 0.05) is 39.7 Å². The van der Waals surface area contributed by atoms with E-state index >= 15 is 0 Å². The minimum atomic E-state index is 1.20. The van der Waals surface area contributed by atoms with Gasteiger partial charge in [-0.15, -0.1) is 0 Å². The Morgan fingerprint density at radius 1 is 0.485 bits per heavy atom. The molecule has 2 aromatic heterocycles. The van der Waals surface area contributed by atoms with Crippen LogP contribution in [0, 0.1) is 0 Å². The molecule has 2 heterocycles. The molecule has 0 N–H and O–H groups in total. The van der Waals surface area contributed by atoms with Gasteiger partial charge in [-0.25, -0.2) is 0 Å². The maximum absolute atomic E-state index is 2.43. The van der Waals surface area contributed by atoms with Crippen LogP contribution >= 0.6 is 0 Å². The van der Waals surface area contributed by atoms with Gasteiger partial charge in [0.05, 0.1) is 22.2 Å². The van der Waals surface area contributed by atoms with E-state index in [0.717, 1.165) is 0 Å². The Morgan fingerprint density at radius 2 is 1.15 bits per heavy atom. The second kappa shape index (κ2) is 6.85. The summed E-state index contributed by atoms with van der Waals surface area (Å²) in [6, 6.07) is 41.5. The molecule has 0 spiro atoms. The normalized spacial score (nSPS) is 11.8. The number of aromatic nitrogens is 2. The summed E-state index contributed by atoms with van der Waals surface area (Å²) < 4.78 is 4.79. The average molecular weight is 423 g/mol. The predicted molar refractivity (Wildman–Crippen MR) is 140 cm³/mol. The van der Waals surface area contributed by atoms with Crippen molar-refractivity contribution in [3.8, 4) is 16.8 Å². The number of aryl methyl sites for hydroxylation is 1. The van der Waals surface area contributed by atoms with Gasteiger partial charge in [0.1, 0.15) is 0 Å². The molecule has 0 bridgehead atoms. The summed E-state index contributed by atoms with van der Waals surface area (Å²) >= 11 is 0. The van der Waals surface area contributed by atoms with Crippen molar-refractivity contribution in [2.75, 3.05) is 0 Å². The van der Waals surface area contributed by atoms with Crippen molar-refractivity contribution in [2.45, 2.75) is 0 Å². The Bertz CT molecular complexity index is 1820. The van der Waals surface area contributed by atoms with Gasteiger partial charge in [-0.3, -0.25) is 0 Å². The van der Waals surface area contributed by atoms with Crippen molar-refractivity contribution in [3.63, 3.8) is 0 Å². The van der Waals surface area contributed by atoms with E-state index in [2.05, 4.69) is 131 Å². The van der Waals surface area contributed by atoms with Gasteiger partial charge < -0.3 is 9.13 Å². The standard InChI is InChI=1S/C31H22N2/c1-32-26-16-8-6-14-23(26)24-19-20-29-30(31(24)32)25-15-7-10-18-28(25)33(29)27-17-9-5-13-22(27)21-11-3-2-4-12-21/h2-20H,1H3. The minimum Gasteiger partial charge on any atom is -0.343 e. The number of hydrogen-bond donors (Lipinski definition) is 0. The van der Waals surface area contributed by atoms with Crippen LogP contribution in [-0.4, -0.2) is 9.13 Å². The first kappa shape index (κ1) is 18.3. The highest BCUT2D eigenvalue weighted by molar-refractivity contribution is 6.25. The minimum absolute atomic E-state index is 1.20. The third-order valence-corrected chi connectivity index (χ3v) is 6.93. The Labute approximate surface area is 191 Å². The fraction of sp³-hybridized carbons (Fsp3) is 0.0323. The number of benzene rings is 5. The van der Waals surface area contributed by atoms with Crippen LogP contribution in [0.2, 0.25) is 0 Å². The molecule has 0 radical (unpaired) electrons. The SMILES string of the molecule is Cn1c2ccccc2c2ccc3c(c4ccccc4n3-c3ccccc3-c3ccccc3)c21. The van der Waals surface area contributed by atoms with Gasteiger partial charge in [-0.2, -0.15) is 0 Å². The van der Waals surface area contributed by atoms with Gasteiger partial charge in [-0.05, 0) is 29.8 Å². The molecule has 0 atom stereocenters. The van der Waals surface area contributed by atoms with Crippen LogP contribution < -0.4 is 0 Å². The Morgan fingerprint density at radius 3 is 2.00 bits per heavy atom. The lowest BCUT2D eigenvalue weighted by atomic mass is 10.0. The van der Waals surface area contributed by atoms with Crippen molar-refractivity contribution >= 4 is 43.6 Å². The highest BCUT2D eigenvalue weighted by Crippen LogP contribution is 2.41. The van der Waals surface area contributed by atoms with E-state index in [4.69, 9.17) is 0 Å². The van der Waals surface area contributed by atoms with Crippen molar-refractivity contribution in [1.82, 2.24) is 9.13 Å². The van der Waals surface area contributed by atoms with E-state index in [1.54, 1.807) is 0 Å². The largest absolute Gasteiger partial charge is 0.343 e. The zero-order valence-electron chi connectivity index (χ0n) is 18.4. The molecule has 0 unspecified atom stereocenters. The summed E-state index contributed by atoms with van der Waals surface area (Å²) in [5, 5.41) is 5.20. The molecule has 0 aliphatic rings. The third-order valence-electron chi connectivity index (χ3n) is 6.93. The number of hydrogen-bond acceptors (Lipinski definition) is 0. The van der Waals surface area contributed by atoms with E-state index in [1.165, 1.54) is 60.4 Å². The number of nitrogens with zero attached hydrogens (tertiary/aromatic N) is 2. The molecule has 5 aromatic carbocycles. The molecule has 0 saturated carbocycles. The van der Waals surface area contributed by atoms with Gasteiger partial charge >= 0.3 is 0 Å². The van der Waals surface area contributed by atoms with Gasteiger partial charge in [0.15, 0.2) is 0 Å². The highest BCUT2D eigenvalue weighted by atomic mass is 15.0. The molecular formula is C31H22N2. The average Bonchev–Trinajstić information content (AvgIpc) is 3.37. The monoisotopic (exact) mass is 422 g/mol. The van der Waals surface area contributed by atoms with E-state index in [9.17, 15) is 0 Å². The van der Waals surface area contributed by atoms with E-state index in [1.807, 2.05) is 0 Å². The molecule has 7 rings (SSSR count). The van der Waals surface area contributed by atoms with Gasteiger partial charge in [0.2, 0.25) is 0 Å². The molecule has 0 amide bonds. The van der Waals surface area contributed by atoms with E-state index in [-0.39, 0.29) is 0 Å². The van der Waals surface area contributed by atoms with Crippen LogP contribution in [0.5, 0.6) is 0 Å². The first-order chi connectivity index (χ1) is 16.3. The molecule has 2 heteroatoms. The molecule has 7 aromatic rings. The third kappa shape index (κ3) is 2.49. The summed E-state index contributed by atoms with van der Waals surface area (Å²) in [5.74, 6) is 0. The van der Waals surface area contributed by atoms with Crippen molar-refractivity contribution in [2.24, 2.45) is 7.05 Å². The fourth-order valence-corrected chi connectivity index (χ4v) is 5.51. The molecule has 0 aliphatic carbocycles. The first-order valence-electron chi connectivity index (χ1n) is 11.4. The van der Waals surface area contributed by atoms with Crippen molar-refractivity contribution in [3.05, 3.63) is 115 Å². The summed E-state index contributed by atoms with van der Waals surface area (Å²) in [5.41, 5.74) is 8.68. The van der Waals surface area contributed by atoms with Crippen LogP contribution in [0.15, 0.2) is 115 Å². The molecule has 0 aliphatic heterocycles. The van der Waals surface area contributed by atoms with Crippen LogP contribution in [0.1, 0.15) is 0 Å². The van der Waals surface area contributed by atoms with Crippen molar-refractivity contribution < 1.29 is 0 Å². The topological polar surface area (TPSA) is 9.86 Å². The zero-order chi connectivity index (χ0) is 21.9. The lowest BCUT2D eigenvalue weighted by molar-refractivity contribution is 1.02. The second-order valence-electron chi connectivity index (χ2n) is 8.67. The maximum atomic E-state index is 2.43. The summed E-state index contributed by atoms with van der Waals surface area (Å²) in [6.07, 6.45) is 0. The number of fused-ring (bicyclic) bond motifs is 7. The zero-order valence-corrected chi connectivity index (χ0v) is 18.4. The summed E-state index contributed by atoms with van der Waals surface area (Å²) in [4.78, 5) is 0. The number of para-hydroxylation sites is 3. The van der Waals surface area contributed by atoms with E-state index < -0.39 is 0 Å². The van der Waals surface area contributed by atoms with Crippen LogP contribution in [0.4, 0.5) is 0 Å². The lowest BCUT2D eigenvalue weighted by Gasteiger charge is -2.14. The Hall–Kier alpha value is -4.30. The Balaban J connectivity index is 1.68. The molecule has 0 saturated heterocycles. The van der Waals surface area contributed by atoms with Crippen LogP contribution in [0.25, 0.3) is 60.4 Å². The van der Waals surface area contributed by atoms with E-state index in [0.29, 0.717) is 0 Å². The van der Waals surface area contributed by atoms with Crippen LogP contribution in [0.3, 0.4) is 0 Å². The Kier molecular flexibility index (Phi) is 3.80. The molecule has 156 valence electrons. The molecular weight excluding hydrogens is 400 g/mol. The van der Waals surface area contributed by atoms with Gasteiger partial charge in [-0.1, -0.05) is 91.0 Å². The number of rotatable bonds is 2. The van der Waals surface area contributed by atoms with Crippen molar-refractivity contribution in [1.29, 1.82) is 0 Å². The quantitative estimate of drug-likeness (QED) is 0.266. The molecule has 33 heavy (non-hydrogen) atoms. The summed E-state index contributed by atoms with van der Waals surface area (Å²) in [7, 11) is 2.19. The maximum Gasteiger partial charge on any atom is 0.0590 e. The fourth-order valence-electron chi connectivity index (χ4n) is 5.51. The molecule has 2 nitrogen and oxygen atoms in total. The molecule has 0 fully saturated rings. The smallest absolute Gasteiger partial charge is 0.0590 e. The second-order valence-corrected chi connectivity index (χ2v) is 8.67.